The number of nitrogens with zero attached hydrogens (tertiary/aromatic N) is 4. The van der Waals surface area contributed by atoms with Gasteiger partial charge < -0.3 is 19.9 Å². The highest BCUT2D eigenvalue weighted by Crippen LogP contribution is 2.33. The summed E-state index contributed by atoms with van der Waals surface area (Å²) in [6.07, 6.45) is 0. The van der Waals surface area contributed by atoms with E-state index in [9.17, 15) is 9.18 Å². The molecule has 0 atom stereocenters. The van der Waals surface area contributed by atoms with Crippen molar-refractivity contribution in [1.29, 1.82) is 0 Å². The molecule has 0 radical (unpaired) electrons. The Morgan fingerprint density at radius 1 is 0.972 bits per heavy atom. The van der Waals surface area contributed by atoms with E-state index in [-0.39, 0.29) is 24.0 Å². The summed E-state index contributed by atoms with van der Waals surface area (Å²) in [5.74, 6) is 0.894. The number of carbonyl (C=O) groups excluding carboxylic acids is 1. The molecule has 9 heteroatoms. The number of methoxy groups -OCH3 is 1. The van der Waals surface area contributed by atoms with Gasteiger partial charge in [0.05, 0.1) is 12.8 Å². The second kappa shape index (κ2) is 10.4. The van der Waals surface area contributed by atoms with Gasteiger partial charge in [-0.15, -0.1) is 10.2 Å². The lowest BCUT2D eigenvalue weighted by Crippen LogP contribution is -2.47. The van der Waals surface area contributed by atoms with E-state index in [1.165, 1.54) is 12.1 Å². The summed E-state index contributed by atoms with van der Waals surface area (Å²) in [6.45, 7) is 3.24. The fourth-order valence-electron chi connectivity index (χ4n) is 4.43. The zero-order valence-electron chi connectivity index (χ0n) is 19.7. The molecule has 0 unspecified atom stereocenters. The lowest BCUT2D eigenvalue weighted by atomic mass is 10.1. The molecule has 1 aliphatic heterocycles. The zero-order valence-corrected chi connectivity index (χ0v) is 20.5. The summed E-state index contributed by atoms with van der Waals surface area (Å²) in [4.78, 5) is 17.4. The molecule has 184 valence electrons. The van der Waals surface area contributed by atoms with Crippen molar-refractivity contribution in [2.24, 2.45) is 0 Å². The lowest BCUT2D eigenvalue weighted by Gasteiger charge is -2.37. The average Bonchev–Trinajstić information content (AvgIpc) is 2.92. The van der Waals surface area contributed by atoms with Crippen molar-refractivity contribution >= 4 is 39.8 Å². The number of nitrogens with one attached hydrogen (secondary N) is 1. The SMILES string of the molecule is COc1ccc(Cl)cc1N1CCN(c2nnc(C(=O)NCc3ccc(F)cc3)c3ccccc23)CC1. The van der Waals surface area contributed by atoms with Crippen LogP contribution in [-0.4, -0.2) is 49.4 Å². The molecule has 0 bridgehead atoms. The summed E-state index contributed by atoms with van der Waals surface area (Å²) >= 11 is 6.23. The van der Waals surface area contributed by atoms with E-state index in [0.717, 1.165) is 59.8 Å². The number of anilines is 2. The Bertz CT molecular complexity index is 1390. The highest BCUT2D eigenvalue weighted by atomic mass is 35.5. The third-order valence-corrected chi connectivity index (χ3v) is 6.55. The Hall–Kier alpha value is -3.91. The number of hydrogen-bond donors (Lipinski definition) is 1. The third-order valence-electron chi connectivity index (χ3n) is 6.31. The molecule has 1 amide bonds. The van der Waals surface area contributed by atoms with Gasteiger partial charge in [0, 0.05) is 48.5 Å². The molecule has 7 nitrogen and oxygen atoms in total. The second-order valence-corrected chi connectivity index (χ2v) is 8.95. The molecule has 2 heterocycles. The predicted molar refractivity (Wildman–Crippen MR) is 140 cm³/mol. The summed E-state index contributed by atoms with van der Waals surface area (Å²) in [5.41, 5.74) is 2.03. The molecule has 1 N–H and O–H groups in total. The number of halogens is 2. The predicted octanol–water partition coefficient (Wildman–Crippen LogP) is 4.69. The molecule has 3 aromatic carbocycles. The third kappa shape index (κ3) is 4.90. The standard InChI is InChI=1S/C27H25ClFN5O2/c1-36-24-11-8-19(28)16-23(24)33-12-14-34(15-13-33)26-22-5-3-2-4-21(22)25(31-32-26)27(35)30-17-18-6-9-20(29)10-7-18/h2-11,16H,12-15,17H2,1H3,(H,30,35). The van der Waals surface area contributed by atoms with Gasteiger partial charge in [-0.25, -0.2) is 4.39 Å². The number of aromatic nitrogens is 2. The smallest absolute Gasteiger partial charge is 0.272 e. The van der Waals surface area contributed by atoms with Gasteiger partial charge in [-0.3, -0.25) is 4.79 Å². The van der Waals surface area contributed by atoms with Gasteiger partial charge >= 0.3 is 0 Å². The summed E-state index contributed by atoms with van der Waals surface area (Å²) in [6, 6.07) is 19.3. The summed E-state index contributed by atoms with van der Waals surface area (Å²) < 4.78 is 18.7. The van der Waals surface area contributed by atoms with Crippen molar-refractivity contribution in [1.82, 2.24) is 15.5 Å². The van der Waals surface area contributed by atoms with E-state index < -0.39 is 0 Å². The van der Waals surface area contributed by atoms with Crippen LogP contribution in [0.1, 0.15) is 16.1 Å². The summed E-state index contributed by atoms with van der Waals surface area (Å²) in [7, 11) is 1.65. The number of fused-ring (bicyclic) bond motifs is 1. The zero-order chi connectivity index (χ0) is 25.1. The first-order chi connectivity index (χ1) is 17.5. The molecule has 1 aliphatic rings. The molecule has 4 aromatic rings. The van der Waals surface area contributed by atoms with Crippen LogP contribution < -0.4 is 19.9 Å². The van der Waals surface area contributed by atoms with Crippen LogP contribution in [0, 0.1) is 5.82 Å². The Morgan fingerprint density at radius 2 is 1.67 bits per heavy atom. The van der Waals surface area contributed by atoms with Crippen LogP contribution >= 0.6 is 11.6 Å². The Kier molecular flexibility index (Phi) is 6.86. The number of piperazine rings is 1. The van der Waals surface area contributed by atoms with Crippen molar-refractivity contribution in [2.45, 2.75) is 6.54 Å². The average molecular weight is 506 g/mol. The molecular weight excluding hydrogens is 481 g/mol. The van der Waals surface area contributed by atoms with Crippen molar-refractivity contribution < 1.29 is 13.9 Å². The molecule has 1 aromatic heterocycles. The maximum Gasteiger partial charge on any atom is 0.272 e. The number of benzene rings is 3. The normalized spacial score (nSPS) is 13.6. The van der Waals surface area contributed by atoms with E-state index in [1.54, 1.807) is 19.2 Å². The van der Waals surface area contributed by atoms with E-state index in [1.807, 2.05) is 42.5 Å². The Labute approximate surface area is 213 Å². The molecule has 0 saturated carbocycles. The monoisotopic (exact) mass is 505 g/mol. The number of hydrogen-bond acceptors (Lipinski definition) is 6. The Balaban J connectivity index is 1.34. The first-order valence-corrected chi connectivity index (χ1v) is 12.0. The lowest BCUT2D eigenvalue weighted by molar-refractivity contribution is 0.0947. The van der Waals surface area contributed by atoms with Crippen LogP contribution in [0.5, 0.6) is 5.75 Å². The number of amides is 1. The minimum absolute atomic E-state index is 0.263. The van der Waals surface area contributed by atoms with E-state index in [2.05, 4.69) is 25.3 Å². The highest BCUT2D eigenvalue weighted by molar-refractivity contribution is 6.31. The Morgan fingerprint density at radius 3 is 2.39 bits per heavy atom. The molecule has 0 spiro atoms. The van der Waals surface area contributed by atoms with Gasteiger partial charge in [-0.2, -0.15) is 0 Å². The maximum absolute atomic E-state index is 13.2. The van der Waals surface area contributed by atoms with Gasteiger partial charge in [-0.1, -0.05) is 48.0 Å². The topological polar surface area (TPSA) is 70.6 Å². The fraction of sp³-hybridized carbons (Fsp3) is 0.222. The molecule has 1 saturated heterocycles. The van der Waals surface area contributed by atoms with Crippen molar-refractivity contribution in [2.75, 3.05) is 43.1 Å². The van der Waals surface area contributed by atoms with E-state index in [0.29, 0.717) is 5.02 Å². The van der Waals surface area contributed by atoms with Crippen LogP contribution in [0.3, 0.4) is 0 Å². The minimum Gasteiger partial charge on any atom is -0.495 e. The molecule has 36 heavy (non-hydrogen) atoms. The number of carbonyl (C=O) groups is 1. The molecule has 1 fully saturated rings. The molecule has 5 rings (SSSR count). The van der Waals surface area contributed by atoms with Gasteiger partial charge in [0.15, 0.2) is 11.5 Å². The largest absolute Gasteiger partial charge is 0.495 e. The maximum atomic E-state index is 13.2. The first kappa shape index (κ1) is 23.8. The first-order valence-electron chi connectivity index (χ1n) is 11.6. The fourth-order valence-corrected chi connectivity index (χ4v) is 4.60. The van der Waals surface area contributed by atoms with Crippen LogP contribution in [0.2, 0.25) is 5.02 Å². The van der Waals surface area contributed by atoms with E-state index in [4.69, 9.17) is 16.3 Å². The van der Waals surface area contributed by atoms with Crippen molar-refractivity contribution in [3.8, 4) is 5.75 Å². The molecule has 0 aliphatic carbocycles. The van der Waals surface area contributed by atoms with Gasteiger partial charge in [0.1, 0.15) is 11.6 Å². The molecular formula is C27H25ClFN5O2. The van der Waals surface area contributed by atoms with Gasteiger partial charge in [0.25, 0.3) is 5.91 Å². The summed E-state index contributed by atoms with van der Waals surface area (Å²) in [5, 5.41) is 13.9. The van der Waals surface area contributed by atoms with Gasteiger partial charge in [0.2, 0.25) is 0 Å². The van der Waals surface area contributed by atoms with Crippen LogP contribution in [0.15, 0.2) is 66.7 Å². The number of ether oxygens (including phenoxy) is 1. The minimum atomic E-state index is -0.326. The van der Waals surface area contributed by atoms with Crippen molar-refractivity contribution in [3.63, 3.8) is 0 Å². The van der Waals surface area contributed by atoms with Crippen LogP contribution in [-0.2, 0) is 6.54 Å². The van der Waals surface area contributed by atoms with Crippen molar-refractivity contribution in [3.05, 3.63) is 88.8 Å². The van der Waals surface area contributed by atoms with Gasteiger partial charge in [-0.05, 0) is 35.9 Å². The van der Waals surface area contributed by atoms with Crippen LogP contribution in [0.4, 0.5) is 15.9 Å². The highest BCUT2D eigenvalue weighted by Gasteiger charge is 2.24. The van der Waals surface area contributed by atoms with Crippen LogP contribution in [0.25, 0.3) is 10.8 Å². The second-order valence-electron chi connectivity index (χ2n) is 8.52. The quantitative estimate of drug-likeness (QED) is 0.410. The number of rotatable bonds is 6. The van der Waals surface area contributed by atoms with E-state index >= 15 is 0 Å².